The Balaban J connectivity index is 0.000000234. The molecule has 0 aliphatic heterocycles. The first kappa shape index (κ1) is 45.3. The van der Waals surface area contributed by atoms with Crippen LogP contribution in [0.15, 0.2) is 85.5 Å². The predicted molar refractivity (Wildman–Crippen MR) is 211 cm³/mol. The molecular formula is C43H39F4N5O8. The molecule has 13 nitrogen and oxygen atoms in total. The molecule has 0 spiro atoms. The molecule has 0 amide bonds. The molecule has 60 heavy (non-hydrogen) atoms. The molecule has 0 aliphatic rings. The maximum absolute atomic E-state index is 13.7. The van der Waals surface area contributed by atoms with Gasteiger partial charge >= 0.3 is 12.4 Å². The van der Waals surface area contributed by atoms with Crippen molar-refractivity contribution in [3.8, 4) is 45.5 Å². The predicted octanol–water partition coefficient (Wildman–Crippen LogP) is 7.09. The van der Waals surface area contributed by atoms with Gasteiger partial charge in [0.25, 0.3) is 0 Å². The van der Waals surface area contributed by atoms with Crippen LogP contribution in [0.3, 0.4) is 0 Å². The van der Waals surface area contributed by atoms with Crippen molar-refractivity contribution in [1.29, 1.82) is 0 Å². The van der Waals surface area contributed by atoms with Crippen molar-refractivity contribution in [2.75, 3.05) is 34.2 Å². The summed E-state index contributed by atoms with van der Waals surface area (Å²) < 4.78 is 78.6. The van der Waals surface area contributed by atoms with Gasteiger partial charge in [0.05, 0.1) is 45.5 Å². The molecule has 0 bridgehead atoms. The Labute approximate surface area is 342 Å². The minimum absolute atomic E-state index is 0.0995. The number of aromatic nitrogens is 4. The van der Waals surface area contributed by atoms with E-state index in [0.29, 0.717) is 63.9 Å². The molecule has 4 aromatic carbocycles. The molecular weight excluding hydrogens is 790 g/mol. The van der Waals surface area contributed by atoms with Crippen LogP contribution in [0.4, 0.5) is 23.2 Å². The highest BCUT2D eigenvalue weighted by atomic mass is 19.2. The minimum atomic E-state index is -0.990. The van der Waals surface area contributed by atoms with Gasteiger partial charge in [0, 0.05) is 66.4 Å². The molecule has 2 aromatic heterocycles. The summed E-state index contributed by atoms with van der Waals surface area (Å²) in [6, 6.07) is 18.5. The number of hydrogen-bond donors (Lipinski definition) is 1. The molecule has 17 heteroatoms. The highest BCUT2D eigenvalue weighted by Gasteiger charge is 2.16. The van der Waals surface area contributed by atoms with E-state index in [2.05, 4.69) is 24.7 Å². The fourth-order valence-corrected chi connectivity index (χ4v) is 5.65. The Morgan fingerprint density at radius 3 is 1.45 bits per heavy atom. The largest absolute Gasteiger partial charge is 0.496 e. The lowest BCUT2D eigenvalue weighted by Gasteiger charge is -2.11. The van der Waals surface area contributed by atoms with Crippen LogP contribution < -0.4 is 24.7 Å². The minimum Gasteiger partial charge on any atom is -0.496 e. The highest BCUT2D eigenvalue weighted by Crippen LogP contribution is 2.33. The number of benzene rings is 4. The van der Waals surface area contributed by atoms with Crippen molar-refractivity contribution >= 4 is 24.4 Å². The summed E-state index contributed by atoms with van der Waals surface area (Å²) in [6.45, 7) is 1.26. The van der Waals surface area contributed by atoms with Crippen LogP contribution in [0.25, 0.3) is 22.5 Å². The van der Waals surface area contributed by atoms with Gasteiger partial charge in [0.1, 0.15) is 41.9 Å². The molecule has 0 fully saturated rings. The molecule has 312 valence electrons. The van der Waals surface area contributed by atoms with E-state index in [1.165, 1.54) is 26.9 Å². The molecule has 2 heterocycles. The summed E-state index contributed by atoms with van der Waals surface area (Å²) in [7, 11) is 5.87. The van der Waals surface area contributed by atoms with Crippen LogP contribution >= 0.6 is 0 Å². The first-order valence-electron chi connectivity index (χ1n) is 17.7. The van der Waals surface area contributed by atoms with E-state index in [0.717, 1.165) is 54.2 Å². The van der Waals surface area contributed by atoms with Crippen molar-refractivity contribution in [2.45, 2.75) is 26.2 Å². The average molecular weight is 830 g/mol. The zero-order valence-corrected chi connectivity index (χ0v) is 33.0. The highest BCUT2D eigenvalue weighted by molar-refractivity contribution is 5.73. The first-order valence-corrected chi connectivity index (χ1v) is 17.7. The Morgan fingerprint density at radius 1 is 0.600 bits per heavy atom. The van der Waals surface area contributed by atoms with E-state index >= 15 is 0 Å². The number of esters is 1. The van der Waals surface area contributed by atoms with Crippen molar-refractivity contribution in [1.82, 2.24) is 19.9 Å². The summed E-state index contributed by atoms with van der Waals surface area (Å²) in [5.74, 6) is -2.87. The topological polar surface area (TPSA) is 175 Å². The van der Waals surface area contributed by atoms with E-state index in [9.17, 15) is 31.9 Å². The monoisotopic (exact) mass is 829 g/mol. The number of halogens is 4. The summed E-state index contributed by atoms with van der Waals surface area (Å²) in [5.41, 5.74) is 12.0. The number of anilines is 1. The van der Waals surface area contributed by atoms with Gasteiger partial charge in [0.15, 0.2) is 23.3 Å². The lowest BCUT2D eigenvalue weighted by atomic mass is 10.0. The molecule has 6 rings (SSSR count). The van der Waals surface area contributed by atoms with Crippen molar-refractivity contribution in [2.24, 2.45) is 0 Å². The molecule has 6 aromatic rings. The van der Waals surface area contributed by atoms with Crippen LogP contribution in [0.1, 0.15) is 35.0 Å². The van der Waals surface area contributed by atoms with E-state index < -0.39 is 29.2 Å². The van der Waals surface area contributed by atoms with Gasteiger partial charge in [-0.05, 0) is 53.6 Å². The fraction of sp³-hybridized carbons (Fsp3) is 0.186. The Kier molecular flexibility index (Phi) is 16.5. The zero-order valence-electron chi connectivity index (χ0n) is 33.0. The van der Waals surface area contributed by atoms with Gasteiger partial charge in [-0.2, -0.15) is 0 Å². The molecule has 0 radical (unpaired) electrons. The number of methoxy groups -OCH3 is 4. The summed E-state index contributed by atoms with van der Waals surface area (Å²) in [4.78, 5) is 46.4. The van der Waals surface area contributed by atoms with Gasteiger partial charge in [-0.3, -0.25) is 9.59 Å². The Bertz CT molecular complexity index is 2450. The number of ether oxygens (including phenoxy) is 5. The number of hydrogen-bond acceptors (Lipinski definition) is 13. The lowest BCUT2D eigenvalue weighted by molar-refractivity contribution is -0.149. The number of nitrogens with two attached hydrogens (primary N) is 1. The number of carbonyl (C=O) groups is 3. The van der Waals surface area contributed by atoms with Crippen molar-refractivity contribution < 1.29 is 55.6 Å². The average Bonchev–Trinajstić information content (AvgIpc) is 3.23. The van der Waals surface area contributed by atoms with Crippen LogP contribution in [0, 0.1) is 23.3 Å². The molecule has 0 saturated carbocycles. The van der Waals surface area contributed by atoms with E-state index in [4.69, 9.17) is 24.7 Å². The van der Waals surface area contributed by atoms with Gasteiger partial charge in [-0.1, -0.05) is 18.2 Å². The number of nitrogens with zero attached hydrogens (tertiary/aromatic N) is 4. The maximum atomic E-state index is 13.7. The molecule has 0 atom stereocenters. The third-order valence-electron chi connectivity index (χ3n) is 8.41. The Hall–Kier alpha value is -7.43. The molecule has 0 unspecified atom stereocenters. The molecule has 0 saturated heterocycles. The maximum Gasteiger partial charge on any atom is 0.310 e. The Morgan fingerprint density at radius 2 is 1.05 bits per heavy atom. The number of rotatable bonds is 13. The first-order chi connectivity index (χ1) is 28.8. The van der Waals surface area contributed by atoms with E-state index in [1.54, 1.807) is 44.6 Å². The van der Waals surface area contributed by atoms with Crippen molar-refractivity contribution in [3.05, 3.63) is 137 Å². The fourth-order valence-electron chi connectivity index (χ4n) is 5.65. The van der Waals surface area contributed by atoms with E-state index in [1.807, 2.05) is 18.2 Å². The summed E-state index contributed by atoms with van der Waals surface area (Å²) in [5, 5.41) is 0. The standard InChI is InChI=1S/C21H18F2N2O3.C19H17F2N3O2.C3H4O3/c1-27-20-4-3-13(7-14(20)5-6-26)8-15-9-19(25-12-24-15)16-10-17(22)18(23)11-21(16)28-2;1-25-18-4-3-11(6-16(18)22)5-12-7-17(24-10-23-12)13-8-14(20)15(21)9-19(13)26-2;1-3(5)6-2-4/h3-4,6-7,9-12H,5,8H2,1-2H3;3-4,6-10H,5,22H2,1-2H3;2H,1H3. The lowest BCUT2D eigenvalue weighted by Crippen LogP contribution is -1.99. The third kappa shape index (κ3) is 12.3. The van der Waals surface area contributed by atoms with Crippen LogP contribution in [0.5, 0.6) is 23.0 Å². The second-order valence-electron chi connectivity index (χ2n) is 12.4. The summed E-state index contributed by atoms with van der Waals surface area (Å²) >= 11 is 0. The van der Waals surface area contributed by atoms with Crippen LogP contribution in [-0.2, 0) is 38.4 Å². The van der Waals surface area contributed by atoms with Gasteiger partial charge < -0.3 is 34.2 Å². The smallest absolute Gasteiger partial charge is 0.310 e. The van der Waals surface area contributed by atoms with Crippen LogP contribution in [0.2, 0.25) is 0 Å². The normalized spacial score (nSPS) is 10.2. The van der Waals surface area contributed by atoms with Crippen LogP contribution in [-0.4, -0.2) is 67.1 Å². The second kappa shape index (κ2) is 21.9. The molecule has 0 aliphatic carbocycles. The number of nitrogen functional groups attached to an aromatic ring is 1. The second-order valence-corrected chi connectivity index (χ2v) is 12.4. The number of aldehydes is 1. The SMILES string of the molecule is CC(=O)OC=O.COc1ccc(Cc2cc(-c3cc(F)c(F)cc3OC)ncn2)cc1CC=O.COc1ccc(Cc2cc(-c3cc(F)c(F)cc3OC)ncn2)cc1N. The zero-order chi connectivity index (χ0) is 43.8. The quantitative estimate of drug-likeness (QED) is 0.0411. The summed E-state index contributed by atoms with van der Waals surface area (Å²) in [6.07, 6.45) is 4.77. The van der Waals surface area contributed by atoms with Gasteiger partial charge in [0.2, 0.25) is 0 Å². The van der Waals surface area contributed by atoms with Crippen molar-refractivity contribution in [3.63, 3.8) is 0 Å². The molecule has 2 N–H and O–H groups in total. The third-order valence-corrected chi connectivity index (χ3v) is 8.41. The number of carbonyl (C=O) groups excluding carboxylic acids is 3. The van der Waals surface area contributed by atoms with Gasteiger partial charge in [-0.15, -0.1) is 0 Å². The van der Waals surface area contributed by atoms with Gasteiger partial charge in [-0.25, -0.2) is 37.5 Å². The van der Waals surface area contributed by atoms with E-state index in [-0.39, 0.29) is 24.4 Å².